The molecule has 0 atom stereocenters. The van der Waals surface area contributed by atoms with Gasteiger partial charge in [-0.15, -0.1) is 0 Å². The van der Waals surface area contributed by atoms with Crippen molar-refractivity contribution in [3.05, 3.63) is 48.1 Å². The summed E-state index contributed by atoms with van der Waals surface area (Å²) in [5.41, 5.74) is 2.15. The Labute approximate surface area is 152 Å². The zero-order valence-corrected chi connectivity index (χ0v) is 14.9. The third-order valence-electron chi connectivity index (χ3n) is 5.03. The van der Waals surface area contributed by atoms with Gasteiger partial charge in [-0.25, -0.2) is 4.98 Å². The first-order chi connectivity index (χ1) is 12.8. The molecular weight excluding hydrogens is 328 g/mol. The van der Waals surface area contributed by atoms with E-state index < -0.39 is 0 Å². The number of oxazole rings is 1. The fraction of sp³-hybridized carbons (Fsp3) is 0.450. The molecule has 6 nitrogen and oxygen atoms in total. The number of fused-ring (bicyclic) bond motifs is 1. The van der Waals surface area contributed by atoms with Crippen LogP contribution in [0.5, 0.6) is 0 Å². The minimum absolute atomic E-state index is 0.0806. The second-order valence-electron chi connectivity index (χ2n) is 6.95. The van der Waals surface area contributed by atoms with Gasteiger partial charge < -0.3 is 9.73 Å². The van der Waals surface area contributed by atoms with Gasteiger partial charge in [0.1, 0.15) is 5.52 Å². The van der Waals surface area contributed by atoms with Crippen molar-refractivity contribution >= 4 is 17.0 Å². The normalized spacial score (nSPS) is 15.4. The highest BCUT2D eigenvalue weighted by atomic mass is 16.3. The SMILES string of the molecule is O=C(NCCCn1cccn1)c1ccc2nc(C3CCCCC3)oc2c1. The van der Waals surface area contributed by atoms with Crippen molar-refractivity contribution in [1.82, 2.24) is 20.1 Å². The van der Waals surface area contributed by atoms with Crippen molar-refractivity contribution in [3.63, 3.8) is 0 Å². The lowest BCUT2D eigenvalue weighted by Crippen LogP contribution is -2.25. The van der Waals surface area contributed by atoms with Crippen molar-refractivity contribution in [1.29, 1.82) is 0 Å². The Bertz CT molecular complexity index is 863. The summed E-state index contributed by atoms with van der Waals surface area (Å²) in [7, 11) is 0. The lowest BCUT2D eigenvalue weighted by atomic mass is 9.89. The number of benzene rings is 1. The lowest BCUT2D eigenvalue weighted by molar-refractivity contribution is 0.0952. The van der Waals surface area contributed by atoms with Crippen LogP contribution in [0.2, 0.25) is 0 Å². The van der Waals surface area contributed by atoms with Gasteiger partial charge in [0.25, 0.3) is 5.91 Å². The number of aryl methyl sites for hydroxylation is 1. The quantitative estimate of drug-likeness (QED) is 0.683. The Hall–Kier alpha value is -2.63. The third-order valence-corrected chi connectivity index (χ3v) is 5.03. The number of carbonyl (C=O) groups excluding carboxylic acids is 1. The summed E-state index contributed by atoms with van der Waals surface area (Å²) < 4.78 is 7.83. The molecule has 0 spiro atoms. The molecule has 136 valence electrons. The molecule has 3 aromatic rings. The Balaban J connectivity index is 1.37. The number of nitrogens with one attached hydrogen (secondary N) is 1. The van der Waals surface area contributed by atoms with Gasteiger partial charge in [0.15, 0.2) is 11.5 Å². The van der Waals surface area contributed by atoms with Crippen LogP contribution in [0.3, 0.4) is 0 Å². The van der Waals surface area contributed by atoms with Crippen LogP contribution in [-0.2, 0) is 6.54 Å². The number of hydrogen-bond donors (Lipinski definition) is 1. The molecule has 0 radical (unpaired) electrons. The Kier molecular flexibility index (Phi) is 5.00. The molecule has 0 bridgehead atoms. The molecule has 6 heteroatoms. The van der Waals surface area contributed by atoms with Gasteiger partial charge in [0.05, 0.1) is 0 Å². The monoisotopic (exact) mass is 352 g/mol. The lowest BCUT2D eigenvalue weighted by Gasteiger charge is -2.17. The molecule has 0 unspecified atom stereocenters. The standard InChI is InChI=1S/C20H24N4O2/c25-19(21-10-4-12-24-13-5-11-22-24)16-8-9-17-18(14-16)26-20(23-17)15-6-2-1-3-7-15/h5,8-9,11,13-15H,1-4,6-7,10,12H2,(H,21,25). The van der Waals surface area contributed by atoms with E-state index in [2.05, 4.69) is 15.4 Å². The Morgan fingerprint density at radius 3 is 2.96 bits per heavy atom. The smallest absolute Gasteiger partial charge is 0.251 e. The van der Waals surface area contributed by atoms with Gasteiger partial charge in [-0.3, -0.25) is 9.48 Å². The molecule has 1 fully saturated rings. The van der Waals surface area contributed by atoms with E-state index >= 15 is 0 Å². The molecule has 1 N–H and O–H groups in total. The fourth-order valence-electron chi connectivity index (χ4n) is 3.59. The highest BCUT2D eigenvalue weighted by Gasteiger charge is 2.21. The highest BCUT2D eigenvalue weighted by Crippen LogP contribution is 2.33. The predicted octanol–water partition coefficient (Wildman–Crippen LogP) is 3.89. The first kappa shape index (κ1) is 16.8. The number of rotatable bonds is 6. The molecule has 1 saturated carbocycles. The molecule has 1 aliphatic rings. The second-order valence-corrected chi connectivity index (χ2v) is 6.95. The summed E-state index contributed by atoms with van der Waals surface area (Å²) in [5, 5.41) is 7.10. The van der Waals surface area contributed by atoms with E-state index in [1.165, 1.54) is 19.3 Å². The van der Waals surface area contributed by atoms with Crippen LogP contribution in [0, 0.1) is 0 Å². The van der Waals surface area contributed by atoms with Crippen molar-refractivity contribution in [2.75, 3.05) is 6.54 Å². The minimum atomic E-state index is -0.0806. The molecule has 2 aromatic heterocycles. The summed E-state index contributed by atoms with van der Waals surface area (Å²) >= 11 is 0. The van der Waals surface area contributed by atoms with E-state index in [-0.39, 0.29) is 5.91 Å². The van der Waals surface area contributed by atoms with Gasteiger partial charge in [-0.2, -0.15) is 5.10 Å². The van der Waals surface area contributed by atoms with E-state index in [1.54, 1.807) is 12.3 Å². The van der Waals surface area contributed by atoms with Crippen molar-refractivity contribution in [2.24, 2.45) is 0 Å². The van der Waals surface area contributed by atoms with Gasteiger partial charge >= 0.3 is 0 Å². The van der Waals surface area contributed by atoms with Gasteiger partial charge in [0, 0.05) is 37.0 Å². The molecule has 0 saturated heterocycles. The number of nitrogens with zero attached hydrogens (tertiary/aromatic N) is 3. The molecule has 1 amide bonds. The van der Waals surface area contributed by atoms with Crippen molar-refractivity contribution < 1.29 is 9.21 Å². The molecule has 0 aliphatic heterocycles. The number of carbonyl (C=O) groups is 1. The Morgan fingerprint density at radius 2 is 2.15 bits per heavy atom. The van der Waals surface area contributed by atoms with Gasteiger partial charge in [0.2, 0.25) is 0 Å². The van der Waals surface area contributed by atoms with Crippen molar-refractivity contribution in [3.8, 4) is 0 Å². The van der Waals surface area contributed by atoms with Crippen LogP contribution >= 0.6 is 0 Å². The largest absolute Gasteiger partial charge is 0.440 e. The van der Waals surface area contributed by atoms with E-state index in [1.807, 2.05) is 29.1 Å². The zero-order chi connectivity index (χ0) is 17.8. The second kappa shape index (κ2) is 7.72. The maximum absolute atomic E-state index is 12.4. The maximum atomic E-state index is 12.4. The Morgan fingerprint density at radius 1 is 1.27 bits per heavy atom. The predicted molar refractivity (Wildman–Crippen MR) is 99.0 cm³/mol. The highest BCUT2D eigenvalue weighted by molar-refractivity contribution is 5.97. The number of hydrogen-bond acceptors (Lipinski definition) is 4. The third kappa shape index (κ3) is 3.79. The topological polar surface area (TPSA) is 73.0 Å². The van der Waals surface area contributed by atoms with Crippen molar-refractivity contribution in [2.45, 2.75) is 51.0 Å². The number of aromatic nitrogens is 3. The average molecular weight is 352 g/mol. The van der Waals surface area contributed by atoms with Gasteiger partial charge in [-0.05, 0) is 43.5 Å². The molecular formula is C20H24N4O2. The van der Waals surface area contributed by atoms with Gasteiger partial charge in [-0.1, -0.05) is 19.3 Å². The van der Waals surface area contributed by atoms with E-state index in [4.69, 9.17) is 4.42 Å². The molecule has 26 heavy (non-hydrogen) atoms. The first-order valence-electron chi connectivity index (χ1n) is 9.46. The zero-order valence-electron chi connectivity index (χ0n) is 14.9. The maximum Gasteiger partial charge on any atom is 0.251 e. The summed E-state index contributed by atoms with van der Waals surface area (Å²) in [6.07, 6.45) is 10.6. The van der Waals surface area contributed by atoms with Crippen LogP contribution < -0.4 is 5.32 Å². The molecule has 2 heterocycles. The van der Waals surface area contributed by atoms with Crippen LogP contribution in [0.4, 0.5) is 0 Å². The summed E-state index contributed by atoms with van der Waals surface area (Å²) in [6, 6.07) is 7.40. The van der Waals surface area contributed by atoms with E-state index in [0.29, 0.717) is 23.6 Å². The van der Waals surface area contributed by atoms with E-state index in [0.717, 1.165) is 37.2 Å². The molecule has 1 aromatic carbocycles. The van der Waals surface area contributed by atoms with Crippen LogP contribution in [0.15, 0.2) is 41.1 Å². The molecule has 1 aliphatic carbocycles. The van der Waals surface area contributed by atoms with Crippen LogP contribution in [-0.4, -0.2) is 27.2 Å². The average Bonchev–Trinajstić information content (AvgIpc) is 3.34. The van der Waals surface area contributed by atoms with Crippen LogP contribution in [0.1, 0.15) is 60.7 Å². The van der Waals surface area contributed by atoms with Crippen LogP contribution in [0.25, 0.3) is 11.1 Å². The minimum Gasteiger partial charge on any atom is -0.440 e. The molecule has 4 rings (SSSR count). The summed E-state index contributed by atoms with van der Waals surface area (Å²) in [4.78, 5) is 17.0. The van der Waals surface area contributed by atoms with E-state index in [9.17, 15) is 4.79 Å². The first-order valence-corrected chi connectivity index (χ1v) is 9.46. The number of amides is 1. The fourth-order valence-corrected chi connectivity index (χ4v) is 3.59. The summed E-state index contributed by atoms with van der Waals surface area (Å²) in [6.45, 7) is 1.40. The summed E-state index contributed by atoms with van der Waals surface area (Å²) in [5.74, 6) is 1.18.